The van der Waals surface area contributed by atoms with Crippen LogP contribution in [0.3, 0.4) is 0 Å². The Morgan fingerprint density at radius 3 is 2.55 bits per heavy atom. The lowest BCUT2D eigenvalue weighted by Gasteiger charge is -2.05. The van der Waals surface area contributed by atoms with Gasteiger partial charge in [0.15, 0.2) is 0 Å². The fraction of sp³-hybridized carbons (Fsp3) is 0.214. The number of amides is 1. The molecule has 0 unspecified atom stereocenters. The number of pyridine rings is 1. The zero-order valence-corrected chi connectivity index (χ0v) is 12.2. The Morgan fingerprint density at radius 1 is 1.25 bits per heavy atom. The van der Waals surface area contributed by atoms with Gasteiger partial charge in [0.1, 0.15) is 5.00 Å². The van der Waals surface area contributed by atoms with Crippen molar-refractivity contribution < 1.29 is 14.7 Å². The molecule has 0 aliphatic rings. The third-order valence-corrected chi connectivity index (χ3v) is 4.09. The largest absolute Gasteiger partial charge is 0.478 e. The summed E-state index contributed by atoms with van der Waals surface area (Å²) >= 11 is 1.26. The number of aromatic nitrogens is 1. The fourth-order valence-corrected chi connectivity index (χ4v) is 2.87. The molecule has 0 aliphatic heterocycles. The highest BCUT2D eigenvalue weighted by Gasteiger charge is 2.20. The van der Waals surface area contributed by atoms with Crippen LogP contribution in [0.5, 0.6) is 0 Å². The van der Waals surface area contributed by atoms with Crippen molar-refractivity contribution >= 4 is 28.2 Å². The molecule has 2 aromatic rings. The Kier molecular flexibility index (Phi) is 3.85. The number of hydrogen-bond acceptors (Lipinski definition) is 4. The van der Waals surface area contributed by atoms with Crippen molar-refractivity contribution in [3.63, 3.8) is 0 Å². The number of aromatic carboxylic acids is 1. The molecule has 2 N–H and O–H groups in total. The fourth-order valence-electron chi connectivity index (χ4n) is 1.83. The van der Waals surface area contributed by atoms with Crippen LogP contribution in [0.25, 0.3) is 0 Å². The second-order valence-electron chi connectivity index (χ2n) is 4.50. The van der Waals surface area contributed by atoms with Gasteiger partial charge in [-0.15, -0.1) is 11.3 Å². The highest BCUT2D eigenvalue weighted by Crippen LogP contribution is 2.32. The number of nitrogens with one attached hydrogen (secondary N) is 1. The van der Waals surface area contributed by atoms with Gasteiger partial charge in [-0.1, -0.05) is 0 Å². The summed E-state index contributed by atoms with van der Waals surface area (Å²) in [5.74, 6) is -1.39. The number of carbonyl (C=O) groups excluding carboxylic acids is 1. The highest BCUT2D eigenvalue weighted by atomic mass is 32.1. The summed E-state index contributed by atoms with van der Waals surface area (Å²) in [5.41, 5.74) is 2.11. The number of nitrogens with zero attached hydrogens (tertiary/aromatic N) is 1. The van der Waals surface area contributed by atoms with Crippen LogP contribution < -0.4 is 5.32 Å². The van der Waals surface area contributed by atoms with E-state index in [1.165, 1.54) is 17.5 Å². The maximum absolute atomic E-state index is 12.1. The Morgan fingerprint density at radius 2 is 1.95 bits per heavy atom. The molecule has 5 nitrogen and oxygen atoms in total. The number of anilines is 1. The number of thiophene rings is 1. The van der Waals surface area contributed by atoms with E-state index in [2.05, 4.69) is 10.3 Å². The zero-order chi connectivity index (χ0) is 14.9. The molecule has 0 aromatic carbocycles. The lowest BCUT2D eigenvalue weighted by Crippen LogP contribution is -2.14. The minimum absolute atomic E-state index is 0.154. The first kappa shape index (κ1) is 14.2. The lowest BCUT2D eigenvalue weighted by molar-refractivity contribution is 0.0697. The van der Waals surface area contributed by atoms with Gasteiger partial charge in [-0.3, -0.25) is 9.78 Å². The van der Waals surface area contributed by atoms with Gasteiger partial charge in [0.25, 0.3) is 5.91 Å². The van der Waals surface area contributed by atoms with Crippen LogP contribution in [0.2, 0.25) is 0 Å². The van der Waals surface area contributed by atoms with E-state index in [0.717, 1.165) is 10.4 Å². The normalized spacial score (nSPS) is 10.3. The van der Waals surface area contributed by atoms with E-state index >= 15 is 0 Å². The topological polar surface area (TPSA) is 79.3 Å². The third-order valence-electron chi connectivity index (χ3n) is 2.96. The monoisotopic (exact) mass is 290 g/mol. The van der Waals surface area contributed by atoms with E-state index in [1.807, 2.05) is 13.8 Å². The van der Waals surface area contributed by atoms with Gasteiger partial charge in [-0.25, -0.2) is 4.79 Å². The summed E-state index contributed by atoms with van der Waals surface area (Å²) < 4.78 is 0. The van der Waals surface area contributed by atoms with E-state index in [9.17, 15) is 14.7 Å². The second kappa shape index (κ2) is 5.42. The minimum atomic E-state index is -1.04. The molecule has 2 aromatic heterocycles. The molecule has 0 saturated carbocycles. The molecule has 1 amide bonds. The molecular formula is C14H14N2O3S. The van der Waals surface area contributed by atoms with Gasteiger partial charge in [-0.05, 0) is 38.0 Å². The average Bonchev–Trinajstić information content (AvgIpc) is 2.64. The molecule has 0 saturated heterocycles. The van der Waals surface area contributed by atoms with Gasteiger partial charge < -0.3 is 10.4 Å². The van der Waals surface area contributed by atoms with E-state index in [-0.39, 0.29) is 11.5 Å². The van der Waals surface area contributed by atoms with E-state index < -0.39 is 5.97 Å². The van der Waals surface area contributed by atoms with Gasteiger partial charge in [-0.2, -0.15) is 0 Å². The van der Waals surface area contributed by atoms with Crippen molar-refractivity contribution in [2.75, 3.05) is 5.32 Å². The summed E-state index contributed by atoms with van der Waals surface area (Å²) in [6, 6.07) is 1.70. The molecular weight excluding hydrogens is 276 g/mol. The highest BCUT2D eigenvalue weighted by molar-refractivity contribution is 7.16. The van der Waals surface area contributed by atoms with Crippen LogP contribution in [0.1, 0.15) is 36.7 Å². The summed E-state index contributed by atoms with van der Waals surface area (Å²) in [5, 5.41) is 12.2. The first-order valence-corrected chi connectivity index (χ1v) is 6.78. The summed E-state index contributed by atoms with van der Waals surface area (Å²) in [4.78, 5) is 28.2. The number of carbonyl (C=O) groups is 2. The van der Waals surface area contributed by atoms with Crippen LogP contribution in [-0.4, -0.2) is 22.0 Å². The molecule has 0 spiro atoms. The molecule has 2 rings (SSSR count). The third kappa shape index (κ3) is 2.70. The number of rotatable bonds is 3. The predicted molar refractivity (Wildman–Crippen MR) is 77.7 cm³/mol. The maximum atomic E-state index is 12.1. The van der Waals surface area contributed by atoms with Crippen molar-refractivity contribution in [3.8, 4) is 0 Å². The first-order valence-electron chi connectivity index (χ1n) is 5.96. The summed E-state index contributed by atoms with van der Waals surface area (Å²) in [6.07, 6.45) is 3.11. The Labute approximate surface area is 120 Å². The molecule has 20 heavy (non-hydrogen) atoms. The van der Waals surface area contributed by atoms with Crippen LogP contribution >= 0.6 is 11.3 Å². The second-order valence-corrected chi connectivity index (χ2v) is 5.72. The summed E-state index contributed by atoms with van der Waals surface area (Å²) in [6.45, 7) is 5.40. The van der Waals surface area contributed by atoms with Crippen LogP contribution in [0.15, 0.2) is 18.5 Å². The van der Waals surface area contributed by atoms with Crippen molar-refractivity contribution in [1.29, 1.82) is 0 Å². The van der Waals surface area contributed by atoms with E-state index in [0.29, 0.717) is 16.1 Å². The number of carboxylic acid groups (broad SMARTS) is 1. The quantitative estimate of drug-likeness (QED) is 0.910. The van der Waals surface area contributed by atoms with Gasteiger partial charge in [0, 0.05) is 17.3 Å². The van der Waals surface area contributed by atoms with Gasteiger partial charge >= 0.3 is 5.97 Å². The molecule has 0 bridgehead atoms. The molecule has 6 heteroatoms. The van der Waals surface area contributed by atoms with E-state index in [1.54, 1.807) is 19.2 Å². The Hall–Kier alpha value is -2.21. The van der Waals surface area contributed by atoms with Crippen molar-refractivity contribution in [2.24, 2.45) is 0 Å². The van der Waals surface area contributed by atoms with Gasteiger partial charge in [0.05, 0.1) is 11.1 Å². The van der Waals surface area contributed by atoms with Crippen LogP contribution in [-0.2, 0) is 0 Å². The molecule has 0 radical (unpaired) electrons. The Bertz CT molecular complexity index is 692. The number of hydrogen-bond donors (Lipinski definition) is 2. The van der Waals surface area contributed by atoms with Crippen LogP contribution in [0, 0.1) is 20.8 Å². The van der Waals surface area contributed by atoms with E-state index in [4.69, 9.17) is 0 Å². The molecule has 0 aliphatic carbocycles. The smallest absolute Gasteiger partial charge is 0.338 e. The lowest BCUT2D eigenvalue weighted by atomic mass is 10.1. The zero-order valence-electron chi connectivity index (χ0n) is 11.4. The molecule has 2 heterocycles. The van der Waals surface area contributed by atoms with Crippen LogP contribution in [0.4, 0.5) is 5.00 Å². The number of aryl methyl sites for hydroxylation is 2. The van der Waals surface area contributed by atoms with Crippen molar-refractivity contribution in [1.82, 2.24) is 4.98 Å². The van der Waals surface area contributed by atoms with Crippen molar-refractivity contribution in [2.45, 2.75) is 20.8 Å². The standard InChI is InChI=1S/C14H14N2O3S/c1-7-4-10(6-15-5-7)12(17)16-13-11(14(18)19)8(2)9(3)20-13/h4-6H,1-3H3,(H,16,17)(H,18,19). The first-order chi connectivity index (χ1) is 9.40. The number of carboxylic acids is 1. The molecule has 104 valence electrons. The Balaban J connectivity index is 2.33. The maximum Gasteiger partial charge on any atom is 0.338 e. The van der Waals surface area contributed by atoms with Gasteiger partial charge in [0.2, 0.25) is 0 Å². The predicted octanol–water partition coefficient (Wildman–Crippen LogP) is 3.02. The minimum Gasteiger partial charge on any atom is -0.478 e. The molecule has 0 atom stereocenters. The SMILES string of the molecule is Cc1cncc(C(=O)Nc2sc(C)c(C)c2C(=O)O)c1. The average molecular weight is 290 g/mol. The van der Waals surface area contributed by atoms with Crippen molar-refractivity contribution in [3.05, 3.63) is 45.6 Å². The summed E-state index contributed by atoms with van der Waals surface area (Å²) in [7, 11) is 0. The molecule has 0 fully saturated rings.